The highest BCUT2D eigenvalue weighted by Gasteiger charge is 2.29. The molecule has 2 heterocycles. The summed E-state index contributed by atoms with van der Waals surface area (Å²) in [5, 5.41) is 9.17. The van der Waals surface area contributed by atoms with Crippen molar-refractivity contribution in [3.8, 4) is 6.07 Å². The molecule has 0 aliphatic carbocycles. The van der Waals surface area contributed by atoms with Gasteiger partial charge in [-0.1, -0.05) is 12.1 Å². The van der Waals surface area contributed by atoms with E-state index < -0.39 is 5.56 Å². The van der Waals surface area contributed by atoms with Gasteiger partial charge >= 0.3 is 0 Å². The number of H-pyrrole nitrogens is 1. The molecule has 5 nitrogen and oxygen atoms in total. The zero-order valence-electron chi connectivity index (χ0n) is 15.5. The van der Waals surface area contributed by atoms with Crippen LogP contribution in [0.3, 0.4) is 0 Å². The summed E-state index contributed by atoms with van der Waals surface area (Å²) in [5.41, 5.74) is 2.85. The van der Waals surface area contributed by atoms with Gasteiger partial charge in [0.05, 0.1) is 6.04 Å². The third-order valence-corrected chi connectivity index (χ3v) is 5.34. The number of aryl methyl sites for hydroxylation is 1. The number of benzene rings is 1. The van der Waals surface area contributed by atoms with Crippen LogP contribution in [0.4, 0.5) is 4.39 Å². The lowest BCUT2D eigenvalue weighted by atomic mass is 9.98. The number of amides is 1. The van der Waals surface area contributed by atoms with Gasteiger partial charge in [0.15, 0.2) is 0 Å². The van der Waals surface area contributed by atoms with Gasteiger partial charge in [0, 0.05) is 18.7 Å². The van der Waals surface area contributed by atoms with Crippen molar-refractivity contribution in [1.82, 2.24) is 9.88 Å². The molecule has 0 bridgehead atoms. The van der Waals surface area contributed by atoms with Crippen LogP contribution in [0.5, 0.6) is 0 Å². The molecule has 1 fully saturated rings. The normalized spacial score (nSPS) is 16.4. The highest BCUT2D eigenvalue weighted by Crippen LogP contribution is 2.32. The standard InChI is InChI=1S/C21H22FN3O2/c1-13-17(14(2)24-21(27)18(13)12-23)9-10-20(26)25-11-3-4-19(25)15-5-7-16(22)8-6-15/h5-8,19H,3-4,9-11H2,1-2H3,(H,24,27)/t19-/m0/s1. The van der Waals surface area contributed by atoms with Gasteiger partial charge in [-0.3, -0.25) is 9.59 Å². The highest BCUT2D eigenvalue weighted by molar-refractivity contribution is 5.77. The maximum atomic E-state index is 13.2. The van der Waals surface area contributed by atoms with Crippen molar-refractivity contribution in [3.05, 3.63) is 68.4 Å². The molecule has 1 aromatic heterocycles. The molecule has 3 rings (SSSR count). The van der Waals surface area contributed by atoms with Crippen LogP contribution >= 0.6 is 0 Å². The summed E-state index contributed by atoms with van der Waals surface area (Å²) in [5.74, 6) is -0.253. The molecule has 1 amide bonds. The van der Waals surface area contributed by atoms with Crippen LogP contribution in [0.15, 0.2) is 29.1 Å². The van der Waals surface area contributed by atoms with Crippen molar-refractivity contribution >= 4 is 5.91 Å². The summed E-state index contributed by atoms with van der Waals surface area (Å²) < 4.78 is 13.2. The first-order valence-electron chi connectivity index (χ1n) is 9.09. The summed E-state index contributed by atoms with van der Waals surface area (Å²) in [4.78, 5) is 29.2. The van der Waals surface area contributed by atoms with Gasteiger partial charge in [0.25, 0.3) is 5.56 Å². The number of nitrogens with one attached hydrogen (secondary N) is 1. The van der Waals surface area contributed by atoms with Crippen LogP contribution in [-0.4, -0.2) is 22.3 Å². The molecule has 0 saturated carbocycles. The van der Waals surface area contributed by atoms with E-state index in [2.05, 4.69) is 4.98 Å². The lowest BCUT2D eigenvalue weighted by Gasteiger charge is -2.25. The van der Waals surface area contributed by atoms with Crippen LogP contribution in [0, 0.1) is 31.0 Å². The number of rotatable bonds is 4. The molecule has 1 aromatic carbocycles. The molecule has 6 heteroatoms. The first-order valence-corrected chi connectivity index (χ1v) is 9.09. The van der Waals surface area contributed by atoms with Gasteiger partial charge < -0.3 is 9.88 Å². The Kier molecular flexibility index (Phi) is 5.41. The van der Waals surface area contributed by atoms with E-state index >= 15 is 0 Å². The number of carbonyl (C=O) groups is 1. The Hall–Kier alpha value is -2.94. The van der Waals surface area contributed by atoms with Crippen molar-refractivity contribution in [2.75, 3.05) is 6.54 Å². The Morgan fingerprint density at radius 2 is 2.04 bits per heavy atom. The molecule has 140 valence electrons. The number of nitrogens with zero attached hydrogens (tertiary/aromatic N) is 2. The second-order valence-electron chi connectivity index (χ2n) is 6.97. The third kappa shape index (κ3) is 3.77. The summed E-state index contributed by atoms with van der Waals surface area (Å²) in [6, 6.07) is 8.24. The van der Waals surface area contributed by atoms with Crippen LogP contribution in [-0.2, 0) is 11.2 Å². The van der Waals surface area contributed by atoms with E-state index in [1.807, 2.05) is 11.0 Å². The molecule has 1 atom stereocenters. The number of hydrogen-bond acceptors (Lipinski definition) is 3. The van der Waals surface area contributed by atoms with Crippen molar-refractivity contribution < 1.29 is 9.18 Å². The van der Waals surface area contributed by atoms with Gasteiger partial charge in [-0.15, -0.1) is 0 Å². The molecular weight excluding hydrogens is 345 g/mol. The number of aromatic amines is 1. The van der Waals surface area contributed by atoms with E-state index in [1.54, 1.807) is 26.0 Å². The Bertz CT molecular complexity index is 957. The van der Waals surface area contributed by atoms with E-state index in [1.165, 1.54) is 12.1 Å². The smallest absolute Gasteiger partial charge is 0.266 e. The van der Waals surface area contributed by atoms with Crippen LogP contribution in [0.1, 0.15) is 53.3 Å². The molecule has 2 aromatic rings. The molecular formula is C21H22FN3O2. The summed E-state index contributed by atoms with van der Waals surface area (Å²) >= 11 is 0. The molecule has 0 spiro atoms. The molecule has 1 aliphatic rings. The summed E-state index contributed by atoms with van der Waals surface area (Å²) in [6.45, 7) is 4.22. The first-order chi connectivity index (χ1) is 12.9. The van der Waals surface area contributed by atoms with E-state index in [-0.39, 0.29) is 23.3 Å². The maximum Gasteiger partial charge on any atom is 0.266 e. The molecule has 27 heavy (non-hydrogen) atoms. The number of likely N-dealkylation sites (tertiary alicyclic amines) is 1. The largest absolute Gasteiger partial charge is 0.336 e. The molecule has 0 radical (unpaired) electrons. The van der Waals surface area contributed by atoms with Crippen LogP contribution in [0.25, 0.3) is 0 Å². The zero-order chi connectivity index (χ0) is 19.6. The quantitative estimate of drug-likeness (QED) is 0.901. The van der Waals surface area contributed by atoms with Crippen LogP contribution in [0.2, 0.25) is 0 Å². The Labute approximate surface area is 157 Å². The number of aromatic nitrogens is 1. The maximum absolute atomic E-state index is 13.2. The zero-order valence-corrected chi connectivity index (χ0v) is 15.5. The second kappa shape index (κ2) is 7.75. The Morgan fingerprint density at radius 3 is 2.70 bits per heavy atom. The number of carbonyl (C=O) groups excluding carboxylic acids is 1. The van der Waals surface area contributed by atoms with E-state index in [9.17, 15) is 19.2 Å². The highest BCUT2D eigenvalue weighted by atomic mass is 19.1. The summed E-state index contributed by atoms with van der Waals surface area (Å²) in [7, 11) is 0. The molecule has 1 N–H and O–H groups in total. The van der Waals surface area contributed by atoms with Gasteiger partial charge in [0.1, 0.15) is 17.4 Å². The van der Waals surface area contributed by atoms with Gasteiger partial charge in [-0.25, -0.2) is 4.39 Å². The Balaban J connectivity index is 1.75. The van der Waals surface area contributed by atoms with Crippen LogP contribution < -0.4 is 5.56 Å². The van der Waals surface area contributed by atoms with Gasteiger partial charge in [-0.2, -0.15) is 5.26 Å². The average molecular weight is 367 g/mol. The fourth-order valence-corrected chi connectivity index (χ4v) is 3.89. The first kappa shape index (κ1) is 18.8. The van der Waals surface area contributed by atoms with Gasteiger partial charge in [0.2, 0.25) is 5.91 Å². The predicted molar refractivity (Wildman–Crippen MR) is 99.7 cm³/mol. The third-order valence-electron chi connectivity index (χ3n) is 5.34. The SMILES string of the molecule is Cc1[nH]c(=O)c(C#N)c(C)c1CCC(=O)N1CCC[C@H]1c1ccc(F)cc1. The van der Waals surface area contributed by atoms with E-state index in [4.69, 9.17) is 0 Å². The number of pyridine rings is 1. The monoisotopic (exact) mass is 367 g/mol. The number of halogens is 1. The molecule has 1 aliphatic heterocycles. The second-order valence-corrected chi connectivity index (χ2v) is 6.97. The van der Waals surface area contributed by atoms with Crippen molar-refractivity contribution in [2.24, 2.45) is 0 Å². The van der Waals surface area contributed by atoms with Crippen molar-refractivity contribution in [1.29, 1.82) is 5.26 Å². The average Bonchev–Trinajstić information content (AvgIpc) is 3.12. The van der Waals surface area contributed by atoms with Crippen molar-refractivity contribution in [2.45, 2.75) is 45.6 Å². The molecule has 0 unspecified atom stereocenters. The summed E-state index contributed by atoms with van der Waals surface area (Å²) in [6.07, 6.45) is 2.56. The lowest BCUT2D eigenvalue weighted by Crippen LogP contribution is -2.31. The fraction of sp³-hybridized carbons (Fsp3) is 0.381. The van der Waals surface area contributed by atoms with E-state index in [0.717, 1.165) is 24.0 Å². The molecule has 1 saturated heterocycles. The lowest BCUT2D eigenvalue weighted by molar-refractivity contribution is -0.132. The topological polar surface area (TPSA) is 77.0 Å². The fourth-order valence-electron chi connectivity index (χ4n) is 3.89. The van der Waals surface area contributed by atoms with Crippen molar-refractivity contribution in [3.63, 3.8) is 0 Å². The number of nitriles is 1. The Morgan fingerprint density at radius 1 is 1.33 bits per heavy atom. The number of hydrogen-bond donors (Lipinski definition) is 1. The van der Waals surface area contributed by atoms with E-state index in [0.29, 0.717) is 30.6 Å². The minimum atomic E-state index is -0.390. The minimum absolute atomic E-state index is 0.0226. The predicted octanol–water partition coefficient (Wildman–Crippen LogP) is 3.30. The van der Waals surface area contributed by atoms with Gasteiger partial charge in [-0.05, 0) is 61.9 Å². The minimum Gasteiger partial charge on any atom is -0.336 e.